The zero-order chi connectivity index (χ0) is 19.2. The SMILES string of the molecule is CN(C(=O)CSc1ccccc1C(=O)NCC(C)(C)N)C1CCCCC1.Cl. The van der Waals surface area contributed by atoms with Crippen molar-refractivity contribution >= 4 is 36.0 Å². The minimum Gasteiger partial charge on any atom is -0.350 e. The van der Waals surface area contributed by atoms with Crippen molar-refractivity contribution in [2.24, 2.45) is 5.73 Å². The van der Waals surface area contributed by atoms with Crippen LogP contribution in [0.3, 0.4) is 0 Å². The van der Waals surface area contributed by atoms with E-state index in [9.17, 15) is 9.59 Å². The van der Waals surface area contributed by atoms with E-state index in [0.717, 1.165) is 17.7 Å². The number of nitrogens with two attached hydrogens (primary N) is 1. The third kappa shape index (κ3) is 7.72. The standard InChI is InChI=1S/C20H31N3O2S.ClH/c1-20(2,21)14-22-19(25)16-11-7-8-12-17(16)26-13-18(24)23(3)15-9-5-4-6-10-15;/h7-8,11-12,15H,4-6,9-10,13-14,21H2,1-3H3,(H,22,25);1H. The maximum absolute atomic E-state index is 12.5. The van der Waals surface area contributed by atoms with E-state index in [-0.39, 0.29) is 24.2 Å². The van der Waals surface area contributed by atoms with Crippen molar-refractivity contribution < 1.29 is 9.59 Å². The molecule has 1 aromatic carbocycles. The lowest BCUT2D eigenvalue weighted by atomic mass is 9.94. The molecule has 0 aromatic heterocycles. The van der Waals surface area contributed by atoms with Crippen molar-refractivity contribution in [2.75, 3.05) is 19.3 Å². The minimum absolute atomic E-state index is 0. The molecule has 0 saturated heterocycles. The third-order valence-corrected chi connectivity index (χ3v) is 5.76. The monoisotopic (exact) mass is 413 g/mol. The van der Waals surface area contributed by atoms with Crippen LogP contribution in [0, 0.1) is 0 Å². The number of benzene rings is 1. The molecule has 152 valence electrons. The molecule has 1 saturated carbocycles. The first-order valence-electron chi connectivity index (χ1n) is 9.32. The number of thioether (sulfide) groups is 1. The van der Waals surface area contributed by atoms with Crippen LogP contribution in [-0.2, 0) is 4.79 Å². The van der Waals surface area contributed by atoms with Gasteiger partial charge in [0.2, 0.25) is 5.91 Å². The molecule has 7 heteroatoms. The summed E-state index contributed by atoms with van der Waals surface area (Å²) in [7, 11) is 1.90. The molecule has 0 spiro atoms. The summed E-state index contributed by atoms with van der Waals surface area (Å²) in [6.45, 7) is 4.13. The molecule has 2 rings (SSSR count). The van der Waals surface area contributed by atoms with Gasteiger partial charge in [0.05, 0.1) is 11.3 Å². The van der Waals surface area contributed by atoms with Gasteiger partial charge in [-0.15, -0.1) is 24.2 Å². The highest BCUT2D eigenvalue weighted by Gasteiger charge is 2.22. The number of carbonyl (C=O) groups is 2. The quantitative estimate of drug-likeness (QED) is 0.671. The summed E-state index contributed by atoms with van der Waals surface area (Å²) in [5, 5.41) is 2.87. The Hall–Kier alpha value is -1.24. The first-order chi connectivity index (χ1) is 12.3. The number of carbonyl (C=O) groups excluding carboxylic acids is 2. The zero-order valence-electron chi connectivity index (χ0n) is 16.5. The van der Waals surface area contributed by atoms with E-state index in [1.54, 1.807) is 6.07 Å². The van der Waals surface area contributed by atoms with E-state index in [0.29, 0.717) is 23.9 Å². The van der Waals surface area contributed by atoms with Gasteiger partial charge in [-0.05, 0) is 38.8 Å². The van der Waals surface area contributed by atoms with E-state index in [2.05, 4.69) is 5.32 Å². The van der Waals surface area contributed by atoms with Gasteiger partial charge in [-0.25, -0.2) is 0 Å². The van der Waals surface area contributed by atoms with Crippen LogP contribution >= 0.6 is 24.2 Å². The van der Waals surface area contributed by atoms with Crippen LogP contribution in [0.25, 0.3) is 0 Å². The predicted octanol–water partition coefficient (Wildman–Crippen LogP) is 3.46. The van der Waals surface area contributed by atoms with Crippen LogP contribution in [0.2, 0.25) is 0 Å². The average Bonchev–Trinajstić information content (AvgIpc) is 2.64. The summed E-state index contributed by atoms with van der Waals surface area (Å²) in [4.78, 5) is 27.7. The number of halogens is 1. The molecule has 27 heavy (non-hydrogen) atoms. The summed E-state index contributed by atoms with van der Waals surface area (Å²) < 4.78 is 0. The van der Waals surface area contributed by atoms with Crippen molar-refractivity contribution in [3.8, 4) is 0 Å². The molecule has 1 aliphatic carbocycles. The minimum atomic E-state index is -0.462. The highest BCUT2D eigenvalue weighted by atomic mass is 35.5. The zero-order valence-corrected chi connectivity index (χ0v) is 18.1. The molecule has 5 nitrogen and oxygen atoms in total. The number of nitrogens with one attached hydrogen (secondary N) is 1. The van der Waals surface area contributed by atoms with Gasteiger partial charge in [0.25, 0.3) is 5.91 Å². The summed E-state index contributed by atoms with van der Waals surface area (Å²) >= 11 is 1.43. The Balaban J connectivity index is 0.00000364. The fourth-order valence-electron chi connectivity index (χ4n) is 3.10. The Bertz CT molecular complexity index is 628. The van der Waals surface area contributed by atoms with Gasteiger partial charge in [-0.2, -0.15) is 0 Å². The molecule has 0 bridgehead atoms. The normalized spacial score (nSPS) is 15.0. The Morgan fingerprint density at radius 1 is 1.22 bits per heavy atom. The highest BCUT2D eigenvalue weighted by molar-refractivity contribution is 8.00. The van der Waals surface area contributed by atoms with Crippen molar-refractivity contribution in [1.29, 1.82) is 0 Å². The maximum atomic E-state index is 12.5. The number of amides is 2. The van der Waals surface area contributed by atoms with Crippen LogP contribution in [-0.4, -0.2) is 47.6 Å². The Labute approximate surface area is 173 Å². The smallest absolute Gasteiger partial charge is 0.252 e. The van der Waals surface area contributed by atoms with Crippen LogP contribution in [0.15, 0.2) is 29.2 Å². The van der Waals surface area contributed by atoms with Gasteiger partial charge in [-0.3, -0.25) is 9.59 Å². The van der Waals surface area contributed by atoms with Crippen LogP contribution in [0.5, 0.6) is 0 Å². The van der Waals surface area contributed by atoms with Gasteiger partial charge in [0, 0.05) is 30.1 Å². The number of rotatable bonds is 7. The summed E-state index contributed by atoms with van der Waals surface area (Å²) in [6, 6.07) is 7.77. The molecule has 0 heterocycles. The van der Waals surface area contributed by atoms with Crippen molar-refractivity contribution in [2.45, 2.75) is 62.4 Å². The number of hydrogen-bond acceptors (Lipinski definition) is 4. The van der Waals surface area contributed by atoms with E-state index >= 15 is 0 Å². The third-order valence-electron chi connectivity index (χ3n) is 4.70. The molecule has 0 aliphatic heterocycles. The first kappa shape index (κ1) is 23.8. The Morgan fingerprint density at radius 3 is 2.48 bits per heavy atom. The molecule has 3 N–H and O–H groups in total. The van der Waals surface area contributed by atoms with Crippen LogP contribution < -0.4 is 11.1 Å². The van der Waals surface area contributed by atoms with Crippen molar-refractivity contribution in [3.05, 3.63) is 29.8 Å². The van der Waals surface area contributed by atoms with Crippen LogP contribution in [0.4, 0.5) is 0 Å². The Kier molecular flexibility index (Phi) is 9.63. The van der Waals surface area contributed by atoms with Crippen LogP contribution in [0.1, 0.15) is 56.3 Å². The molecule has 1 fully saturated rings. The highest BCUT2D eigenvalue weighted by Crippen LogP contribution is 2.25. The van der Waals surface area contributed by atoms with E-state index in [1.807, 2.05) is 44.0 Å². The second-order valence-electron chi connectivity index (χ2n) is 7.75. The van der Waals surface area contributed by atoms with Crippen molar-refractivity contribution in [1.82, 2.24) is 10.2 Å². The molecular formula is C20H32ClN3O2S. The summed E-state index contributed by atoms with van der Waals surface area (Å²) in [5.41, 5.74) is 6.06. The van der Waals surface area contributed by atoms with E-state index < -0.39 is 5.54 Å². The van der Waals surface area contributed by atoms with Gasteiger partial charge in [0.15, 0.2) is 0 Å². The van der Waals surface area contributed by atoms with Gasteiger partial charge < -0.3 is 16.0 Å². The molecule has 0 atom stereocenters. The maximum Gasteiger partial charge on any atom is 0.252 e. The fraction of sp³-hybridized carbons (Fsp3) is 0.600. The molecule has 2 amide bonds. The van der Waals surface area contributed by atoms with E-state index in [1.165, 1.54) is 31.0 Å². The second kappa shape index (κ2) is 10.9. The topological polar surface area (TPSA) is 75.4 Å². The average molecular weight is 414 g/mol. The Morgan fingerprint density at radius 2 is 1.85 bits per heavy atom. The molecule has 0 unspecified atom stereocenters. The van der Waals surface area contributed by atoms with Gasteiger partial charge in [0.1, 0.15) is 0 Å². The predicted molar refractivity (Wildman–Crippen MR) is 115 cm³/mol. The van der Waals surface area contributed by atoms with Gasteiger partial charge in [-0.1, -0.05) is 31.4 Å². The lowest BCUT2D eigenvalue weighted by Gasteiger charge is -2.31. The lowest BCUT2D eigenvalue weighted by molar-refractivity contribution is -0.129. The molecular weight excluding hydrogens is 382 g/mol. The molecule has 0 radical (unpaired) electrons. The lowest BCUT2D eigenvalue weighted by Crippen LogP contribution is -2.45. The largest absolute Gasteiger partial charge is 0.350 e. The molecule has 1 aliphatic rings. The van der Waals surface area contributed by atoms with E-state index in [4.69, 9.17) is 5.73 Å². The summed E-state index contributed by atoms with van der Waals surface area (Å²) in [6.07, 6.45) is 5.88. The first-order valence-corrected chi connectivity index (χ1v) is 10.3. The summed E-state index contributed by atoms with van der Waals surface area (Å²) in [5.74, 6) is 0.319. The molecule has 1 aromatic rings. The number of hydrogen-bond donors (Lipinski definition) is 2. The second-order valence-corrected chi connectivity index (χ2v) is 8.77. The van der Waals surface area contributed by atoms with Gasteiger partial charge >= 0.3 is 0 Å². The van der Waals surface area contributed by atoms with Crippen molar-refractivity contribution in [3.63, 3.8) is 0 Å². The fourth-order valence-corrected chi connectivity index (χ4v) is 4.07. The number of nitrogens with zero attached hydrogens (tertiary/aromatic N) is 1.